The van der Waals surface area contributed by atoms with Crippen molar-refractivity contribution in [1.29, 1.82) is 0 Å². The number of hydrogen-bond acceptors (Lipinski definition) is 7. The molecule has 6 N–H and O–H groups in total. The molecule has 2 unspecified atom stereocenters. The number of H-pyrrole nitrogens is 1. The second-order valence-electron chi connectivity index (χ2n) is 5.38. The van der Waals surface area contributed by atoms with Crippen LogP contribution in [0.4, 0.5) is 5.95 Å². The Labute approximate surface area is 119 Å². The number of hydrogen-bond donors (Lipinski definition) is 5. The second-order valence-corrected chi connectivity index (χ2v) is 5.38. The van der Waals surface area contributed by atoms with E-state index in [1.807, 2.05) is 0 Å². The number of aromatic amines is 1. The third-order valence-corrected chi connectivity index (χ3v) is 4.07. The Hall–Kier alpha value is -1.97. The van der Waals surface area contributed by atoms with Crippen LogP contribution in [0, 0.1) is 5.92 Å². The summed E-state index contributed by atoms with van der Waals surface area (Å²) in [7, 11) is 0. The van der Waals surface area contributed by atoms with Crippen LogP contribution in [0.2, 0.25) is 0 Å². The fraction of sp³-hybridized carbons (Fsp3) is 0.583. The molecule has 9 nitrogen and oxygen atoms in total. The van der Waals surface area contributed by atoms with Crippen LogP contribution in [-0.4, -0.2) is 53.7 Å². The van der Waals surface area contributed by atoms with Gasteiger partial charge in [0, 0.05) is 12.0 Å². The Kier molecular flexibility index (Phi) is 3.40. The van der Waals surface area contributed by atoms with Crippen LogP contribution in [0.1, 0.15) is 18.9 Å². The van der Waals surface area contributed by atoms with E-state index in [2.05, 4.69) is 15.0 Å². The van der Waals surface area contributed by atoms with Crippen molar-refractivity contribution in [2.45, 2.75) is 31.1 Å². The van der Waals surface area contributed by atoms with Crippen molar-refractivity contribution in [1.82, 2.24) is 19.5 Å². The summed E-state index contributed by atoms with van der Waals surface area (Å²) in [6.45, 7) is -0.273. The van der Waals surface area contributed by atoms with Gasteiger partial charge in [0.2, 0.25) is 5.95 Å². The number of nitrogens with two attached hydrogens (primary N) is 1. The minimum atomic E-state index is -0.833. The van der Waals surface area contributed by atoms with Gasteiger partial charge in [-0.15, -0.1) is 0 Å². The number of nitrogen functional groups attached to an aromatic ring is 1. The van der Waals surface area contributed by atoms with Gasteiger partial charge in [0.05, 0.1) is 25.1 Å². The molecule has 1 saturated carbocycles. The molecule has 3 rings (SSSR count). The van der Waals surface area contributed by atoms with E-state index in [4.69, 9.17) is 5.73 Å². The maximum Gasteiger partial charge on any atom is 0.280 e. The van der Waals surface area contributed by atoms with E-state index in [0.717, 1.165) is 0 Å². The molecule has 9 heteroatoms. The number of aliphatic hydroxyl groups is 3. The predicted molar refractivity (Wildman–Crippen MR) is 73.4 cm³/mol. The Morgan fingerprint density at radius 1 is 1.38 bits per heavy atom. The number of rotatable bonds is 2. The van der Waals surface area contributed by atoms with Crippen LogP contribution in [-0.2, 0) is 0 Å². The van der Waals surface area contributed by atoms with Crippen LogP contribution < -0.4 is 11.3 Å². The first-order valence-electron chi connectivity index (χ1n) is 6.70. The summed E-state index contributed by atoms with van der Waals surface area (Å²) < 4.78 is 1.64. The van der Waals surface area contributed by atoms with Crippen LogP contribution in [0.3, 0.4) is 0 Å². The summed E-state index contributed by atoms with van der Waals surface area (Å²) in [4.78, 5) is 22.2. The first-order valence-corrected chi connectivity index (χ1v) is 6.70. The smallest absolute Gasteiger partial charge is 0.280 e. The highest BCUT2D eigenvalue weighted by atomic mass is 16.3. The van der Waals surface area contributed by atoms with Gasteiger partial charge in [0.25, 0.3) is 5.56 Å². The molecule has 21 heavy (non-hydrogen) atoms. The van der Waals surface area contributed by atoms with Crippen LogP contribution >= 0.6 is 0 Å². The quantitative estimate of drug-likeness (QED) is 0.446. The zero-order valence-corrected chi connectivity index (χ0v) is 11.2. The molecular weight excluding hydrogens is 278 g/mol. The maximum atomic E-state index is 11.7. The van der Waals surface area contributed by atoms with Crippen LogP contribution in [0.15, 0.2) is 11.1 Å². The summed E-state index contributed by atoms with van der Waals surface area (Å²) in [5, 5.41) is 29.2. The minimum Gasteiger partial charge on any atom is -0.396 e. The van der Waals surface area contributed by atoms with Gasteiger partial charge in [0.15, 0.2) is 11.2 Å². The highest BCUT2D eigenvalue weighted by Gasteiger charge is 2.37. The molecule has 1 aliphatic rings. The largest absolute Gasteiger partial charge is 0.396 e. The van der Waals surface area contributed by atoms with Gasteiger partial charge < -0.3 is 25.6 Å². The van der Waals surface area contributed by atoms with Gasteiger partial charge >= 0.3 is 0 Å². The fourth-order valence-electron chi connectivity index (χ4n) is 2.94. The summed E-state index contributed by atoms with van der Waals surface area (Å²) in [5.74, 6) is -0.572. The molecule has 0 aliphatic heterocycles. The van der Waals surface area contributed by atoms with Gasteiger partial charge in [-0.05, 0) is 12.8 Å². The number of nitrogens with one attached hydrogen (secondary N) is 1. The van der Waals surface area contributed by atoms with Gasteiger partial charge in [-0.1, -0.05) is 0 Å². The minimum absolute atomic E-state index is 0.0145. The molecule has 0 radical (unpaired) electrons. The number of anilines is 1. The predicted octanol–water partition coefficient (Wildman–Crippen LogP) is -1.63. The summed E-state index contributed by atoms with van der Waals surface area (Å²) in [5.41, 5.74) is 5.60. The Balaban J connectivity index is 2.00. The van der Waals surface area contributed by atoms with Crippen LogP contribution in [0.25, 0.3) is 11.2 Å². The normalized spacial score (nSPS) is 29.9. The molecule has 2 heterocycles. The van der Waals surface area contributed by atoms with E-state index in [1.165, 1.54) is 6.33 Å². The van der Waals surface area contributed by atoms with Gasteiger partial charge in [-0.3, -0.25) is 9.78 Å². The third-order valence-electron chi connectivity index (χ3n) is 4.07. The lowest BCUT2D eigenvalue weighted by molar-refractivity contribution is -0.0617. The summed E-state index contributed by atoms with van der Waals surface area (Å²) >= 11 is 0. The van der Waals surface area contributed by atoms with Gasteiger partial charge in [0.1, 0.15) is 0 Å². The molecule has 2 aromatic rings. The monoisotopic (exact) mass is 295 g/mol. The standard InChI is InChI=1S/C12H17N5O4/c13-12-15-10-9(11(21)16-12)14-4-17(10)5-1-7(19)6(3-18)8(20)2-5/h4-8,18-20H,1-3H2,(H3,13,15,16,21)/t5?,6?,7-,8+. The number of nitrogens with zero attached hydrogens (tertiary/aromatic N) is 3. The lowest BCUT2D eigenvalue weighted by atomic mass is 9.81. The fourth-order valence-corrected chi connectivity index (χ4v) is 2.94. The second kappa shape index (κ2) is 5.10. The molecule has 0 amide bonds. The van der Waals surface area contributed by atoms with Crippen molar-refractivity contribution in [3.63, 3.8) is 0 Å². The van der Waals surface area contributed by atoms with E-state index in [1.54, 1.807) is 4.57 Å². The first kappa shape index (κ1) is 14.0. The van der Waals surface area contributed by atoms with Gasteiger partial charge in [-0.2, -0.15) is 4.98 Å². The average Bonchev–Trinajstić information content (AvgIpc) is 2.82. The van der Waals surface area contributed by atoms with Gasteiger partial charge in [-0.25, -0.2) is 4.98 Å². The van der Waals surface area contributed by atoms with Crippen molar-refractivity contribution in [3.8, 4) is 0 Å². The Morgan fingerprint density at radius 2 is 2.05 bits per heavy atom. The molecule has 0 spiro atoms. The summed E-state index contributed by atoms with van der Waals surface area (Å²) in [6.07, 6.45) is 0.459. The number of fused-ring (bicyclic) bond motifs is 1. The molecule has 0 bridgehead atoms. The molecule has 1 fully saturated rings. The average molecular weight is 295 g/mol. The highest BCUT2D eigenvalue weighted by Crippen LogP contribution is 2.33. The molecule has 1 aliphatic carbocycles. The van der Waals surface area contributed by atoms with E-state index >= 15 is 0 Å². The first-order chi connectivity index (χ1) is 10.0. The molecule has 2 aromatic heterocycles. The molecule has 114 valence electrons. The number of aromatic nitrogens is 4. The van der Waals surface area contributed by atoms with E-state index in [0.29, 0.717) is 18.5 Å². The van der Waals surface area contributed by atoms with Crippen molar-refractivity contribution in [2.24, 2.45) is 5.92 Å². The Morgan fingerprint density at radius 3 is 2.67 bits per heavy atom. The number of imidazole rings is 1. The van der Waals surface area contributed by atoms with E-state index in [-0.39, 0.29) is 24.1 Å². The molecular formula is C12H17N5O4. The summed E-state index contributed by atoms with van der Waals surface area (Å²) in [6, 6.07) is -0.267. The van der Waals surface area contributed by atoms with Crippen molar-refractivity contribution in [3.05, 3.63) is 16.7 Å². The van der Waals surface area contributed by atoms with Crippen molar-refractivity contribution < 1.29 is 15.3 Å². The van der Waals surface area contributed by atoms with E-state index < -0.39 is 23.7 Å². The zero-order chi connectivity index (χ0) is 15.1. The molecule has 4 atom stereocenters. The van der Waals surface area contributed by atoms with Crippen LogP contribution in [0.5, 0.6) is 0 Å². The zero-order valence-electron chi connectivity index (χ0n) is 11.2. The topological polar surface area (TPSA) is 150 Å². The SMILES string of the molecule is Nc1nc2c(ncn2C2C[C@@H](O)C(CO)[C@@H](O)C2)c(=O)[nH]1. The molecule has 0 aromatic carbocycles. The third kappa shape index (κ3) is 2.28. The Bertz CT molecular complexity index is 699. The lowest BCUT2D eigenvalue weighted by Gasteiger charge is -2.36. The van der Waals surface area contributed by atoms with Crippen molar-refractivity contribution >= 4 is 17.1 Å². The molecule has 0 saturated heterocycles. The van der Waals surface area contributed by atoms with Crippen molar-refractivity contribution in [2.75, 3.05) is 12.3 Å². The van der Waals surface area contributed by atoms with E-state index in [9.17, 15) is 20.1 Å². The lowest BCUT2D eigenvalue weighted by Crippen LogP contribution is -2.42. The maximum absolute atomic E-state index is 11.7. The highest BCUT2D eigenvalue weighted by molar-refractivity contribution is 5.70. The number of aliphatic hydroxyl groups excluding tert-OH is 3.